The molecule has 0 aliphatic carbocycles. The molecule has 20 heavy (non-hydrogen) atoms. The van der Waals surface area contributed by atoms with E-state index in [0.717, 1.165) is 0 Å². The maximum atomic E-state index is 12.0. The molecule has 104 valence electrons. The SMILES string of the molecule is COc1cc(/C=C2\C(=O)NC(=S)N(C)C2=O)ccc1O. The van der Waals surface area contributed by atoms with E-state index in [9.17, 15) is 14.7 Å². The number of benzene rings is 1. The molecule has 1 aromatic carbocycles. The van der Waals surface area contributed by atoms with Gasteiger partial charge in [-0.15, -0.1) is 0 Å². The molecule has 0 atom stereocenters. The highest BCUT2D eigenvalue weighted by Crippen LogP contribution is 2.27. The number of amides is 2. The predicted molar refractivity (Wildman–Crippen MR) is 76.1 cm³/mol. The fourth-order valence-electron chi connectivity index (χ4n) is 1.70. The van der Waals surface area contributed by atoms with Crippen molar-refractivity contribution >= 4 is 35.2 Å². The molecule has 1 aliphatic heterocycles. The Bertz CT molecular complexity index is 639. The molecule has 0 saturated carbocycles. The summed E-state index contributed by atoms with van der Waals surface area (Å²) >= 11 is 4.85. The van der Waals surface area contributed by atoms with Crippen molar-refractivity contribution < 1.29 is 19.4 Å². The van der Waals surface area contributed by atoms with E-state index in [4.69, 9.17) is 17.0 Å². The second-order valence-electron chi connectivity index (χ2n) is 4.11. The molecule has 0 aromatic heterocycles. The molecule has 1 aliphatic rings. The molecule has 6 nitrogen and oxygen atoms in total. The van der Waals surface area contributed by atoms with Gasteiger partial charge in [0.15, 0.2) is 16.6 Å². The lowest BCUT2D eigenvalue weighted by Crippen LogP contribution is -2.52. The van der Waals surface area contributed by atoms with Crippen molar-refractivity contribution in [3.63, 3.8) is 0 Å². The number of likely N-dealkylation sites (N-methyl/N-ethyl adjacent to an activating group) is 1. The number of thiocarbonyl (C=S) groups is 1. The van der Waals surface area contributed by atoms with E-state index in [1.165, 1.54) is 37.3 Å². The van der Waals surface area contributed by atoms with Gasteiger partial charge in [-0.1, -0.05) is 6.07 Å². The average Bonchev–Trinajstić information content (AvgIpc) is 2.43. The van der Waals surface area contributed by atoms with E-state index in [1.807, 2.05) is 0 Å². The van der Waals surface area contributed by atoms with Crippen molar-refractivity contribution in [1.82, 2.24) is 10.2 Å². The third kappa shape index (κ3) is 2.48. The molecule has 0 unspecified atom stereocenters. The van der Waals surface area contributed by atoms with Crippen LogP contribution in [0.1, 0.15) is 5.56 Å². The fourth-order valence-corrected chi connectivity index (χ4v) is 1.87. The molecule has 2 amide bonds. The zero-order valence-electron chi connectivity index (χ0n) is 10.8. The van der Waals surface area contributed by atoms with Crippen LogP contribution in [0.2, 0.25) is 0 Å². The Kier molecular flexibility index (Phi) is 3.71. The van der Waals surface area contributed by atoms with Gasteiger partial charge in [0, 0.05) is 7.05 Å². The van der Waals surface area contributed by atoms with E-state index in [0.29, 0.717) is 5.56 Å². The minimum absolute atomic E-state index is 0.0210. The van der Waals surface area contributed by atoms with Gasteiger partial charge in [0.25, 0.3) is 11.8 Å². The summed E-state index contributed by atoms with van der Waals surface area (Å²) < 4.78 is 4.97. The summed E-state index contributed by atoms with van der Waals surface area (Å²) in [5.74, 6) is -0.796. The number of nitrogens with one attached hydrogen (secondary N) is 1. The molecule has 1 aromatic rings. The summed E-state index contributed by atoms with van der Waals surface area (Å²) in [6.07, 6.45) is 1.41. The van der Waals surface area contributed by atoms with Crippen LogP contribution < -0.4 is 10.1 Å². The first kappa shape index (κ1) is 14.0. The molecule has 0 radical (unpaired) electrons. The first-order chi connectivity index (χ1) is 9.43. The van der Waals surface area contributed by atoms with Crippen molar-refractivity contribution in [2.75, 3.05) is 14.2 Å². The zero-order chi connectivity index (χ0) is 14.9. The van der Waals surface area contributed by atoms with Gasteiger partial charge in [-0.2, -0.15) is 0 Å². The zero-order valence-corrected chi connectivity index (χ0v) is 11.7. The number of hydrogen-bond donors (Lipinski definition) is 2. The molecule has 2 N–H and O–H groups in total. The van der Waals surface area contributed by atoms with Crippen LogP contribution in [0.5, 0.6) is 11.5 Å². The number of nitrogens with zero attached hydrogens (tertiary/aromatic N) is 1. The second kappa shape index (κ2) is 5.30. The van der Waals surface area contributed by atoms with Crippen LogP contribution in [0.25, 0.3) is 6.08 Å². The Morgan fingerprint density at radius 3 is 2.75 bits per heavy atom. The second-order valence-corrected chi connectivity index (χ2v) is 4.50. The molecule has 2 rings (SSSR count). The average molecular weight is 292 g/mol. The maximum Gasteiger partial charge on any atom is 0.265 e. The number of ether oxygens (including phenoxy) is 1. The number of carbonyl (C=O) groups excluding carboxylic acids is 2. The Morgan fingerprint density at radius 2 is 2.10 bits per heavy atom. The number of phenolic OH excluding ortho intramolecular Hbond substituents is 1. The van der Waals surface area contributed by atoms with Crippen LogP contribution in [0.4, 0.5) is 0 Å². The topological polar surface area (TPSA) is 78.9 Å². The number of rotatable bonds is 2. The van der Waals surface area contributed by atoms with Gasteiger partial charge < -0.3 is 9.84 Å². The molecule has 0 bridgehead atoms. The first-order valence-electron chi connectivity index (χ1n) is 5.66. The van der Waals surface area contributed by atoms with Gasteiger partial charge in [0.05, 0.1) is 7.11 Å². The summed E-state index contributed by atoms with van der Waals surface area (Å²) in [7, 11) is 2.89. The van der Waals surface area contributed by atoms with Gasteiger partial charge in [0.2, 0.25) is 0 Å². The third-order valence-electron chi connectivity index (χ3n) is 2.82. The monoisotopic (exact) mass is 292 g/mol. The van der Waals surface area contributed by atoms with Gasteiger partial charge in [-0.25, -0.2) is 0 Å². The van der Waals surface area contributed by atoms with Crippen LogP contribution >= 0.6 is 12.2 Å². The lowest BCUT2D eigenvalue weighted by Gasteiger charge is -2.25. The molecule has 7 heteroatoms. The Balaban J connectivity index is 2.41. The summed E-state index contributed by atoms with van der Waals surface area (Å²) in [6, 6.07) is 4.51. The maximum absolute atomic E-state index is 12.0. The molecule has 0 spiro atoms. The lowest BCUT2D eigenvalue weighted by atomic mass is 10.1. The number of hydrogen-bond acceptors (Lipinski definition) is 5. The number of phenols is 1. The highest BCUT2D eigenvalue weighted by molar-refractivity contribution is 7.80. The van der Waals surface area contributed by atoms with Crippen molar-refractivity contribution in [3.05, 3.63) is 29.3 Å². The molecular formula is C13H12N2O4S. The Morgan fingerprint density at radius 1 is 1.40 bits per heavy atom. The van der Waals surface area contributed by atoms with Crippen LogP contribution in [0, 0.1) is 0 Å². The van der Waals surface area contributed by atoms with Crippen molar-refractivity contribution in [2.45, 2.75) is 0 Å². The van der Waals surface area contributed by atoms with E-state index >= 15 is 0 Å². The standard InChI is InChI=1S/C13H12N2O4S/c1-15-12(18)8(11(17)14-13(15)20)5-7-3-4-9(16)10(6-7)19-2/h3-6,16H,1-2H3,(H,14,17,20)/b8-5+. The minimum Gasteiger partial charge on any atom is -0.504 e. The highest BCUT2D eigenvalue weighted by atomic mass is 32.1. The van der Waals surface area contributed by atoms with Crippen LogP contribution in [0.15, 0.2) is 23.8 Å². The van der Waals surface area contributed by atoms with E-state index < -0.39 is 11.8 Å². The van der Waals surface area contributed by atoms with Crippen LogP contribution in [0.3, 0.4) is 0 Å². The highest BCUT2D eigenvalue weighted by Gasteiger charge is 2.30. The molecule has 1 saturated heterocycles. The largest absolute Gasteiger partial charge is 0.504 e. The quantitative estimate of drug-likeness (QED) is 0.475. The van der Waals surface area contributed by atoms with Crippen molar-refractivity contribution in [2.24, 2.45) is 0 Å². The minimum atomic E-state index is -0.551. The molecule has 1 fully saturated rings. The van der Waals surface area contributed by atoms with Crippen molar-refractivity contribution in [3.8, 4) is 11.5 Å². The number of aromatic hydroxyl groups is 1. The fraction of sp³-hybridized carbons (Fsp3) is 0.154. The van der Waals surface area contributed by atoms with Gasteiger partial charge in [0.1, 0.15) is 5.57 Å². The van der Waals surface area contributed by atoms with E-state index in [-0.39, 0.29) is 22.2 Å². The predicted octanol–water partition coefficient (Wildman–Crippen LogP) is 0.657. The summed E-state index contributed by atoms with van der Waals surface area (Å²) in [5, 5.41) is 12.0. The van der Waals surface area contributed by atoms with Crippen LogP contribution in [-0.4, -0.2) is 41.1 Å². The van der Waals surface area contributed by atoms with Crippen LogP contribution in [-0.2, 0) is 9.59 Å². The summed E-state index contributed by atoms with van der Waals surface area (Å²) in [5.41, 5.74) is 0.521. The van der Waals surface area contributed by atoms with E-state index in [1.54, 1.807) is 6.07 Å². The smallest absolute Gasteiger partial charge is 0.265 e. The third-order valence-corrected chi connectivity index (χ3v) is 3.20. The summed E-state index contributed by atoms with van der Waals surface area (Å²) in [4.78, 5) is 25.0. The molecule has 1 heterocycles. The van der Waals surface area contributed by atoms with Crippen molar-refractivity contribution in [1.29, 1.82) is 0 Å². The lowest BCUT2D eigenvalue weighted by molar-refractivity contribution is -0.128. The van der Waals surface area contributed by atoms with Gasteiger partial charge >= 0.3 is 0 Å². The van der Waals surface area contributed by atoms with Gasteiger partial charge in [-0.3, -0.25) is 19.8 Å². The number of carbonyl (C=O) groups is 2. The normalized spacial score (nSPS) is 17.4. The summed E-state index contributed by atoms with van der Waals surface area (Å²) in [6.45, 7) is 0. The molecular weight excluding hydrogens is 280 g/mol. The Labute approximate surface area is 120 Å². The Hall–Kier alpha value is -2.41. The van der Waals surface area contributed by atoms with Gasteiger partial charge in [-0.05, 0) is 36.0 Å². The number of methoxy groups -OCH3 is 1. The van der Waals surface area contributed by atoms with E-state index in [2.05, 4.69) is 5.32 Å². The first-order valence-corrected chi connectivity index (χ1v) is 6.07.